The van der Waals surface area contributed by atoms with Gasteiger partial charge in [-0.1, -0.05) is 57.2 Å². The average molecular weight is 671 g/mol. The molecular weight excluding hydrogens is 629 g/mol. The van der Waals surface area contributed by atoms with Gasteiger partial charge in [0.15, 0.2) is 0 Å². The van der Waals surface area contributed by atoms with Crippen molar-refractivity contribution < 1.29 is 17.9 Å². The molecule has 48 heavy (non-hydrogen) atoms. The molecule has 1 fully saturated rings. The number of hydrogen-bond donors (Lipinski definition) is 2. The molecule has 13 heteroatoms. The number of rotatable bonds is 10. The minimum Gasteiger partial charge on any atom is -0.379 e. The van der Waals surface area contributed by atoms with Crippen LogP contribution in [0.15, 0.2) is 73.2 Å². The molecule has 2 N–H and O–H groups in total. The van der Waals surface area contributed by atoms with Gasteiger partial charge in [-0.3, -0.25) is 19.9 Å². The number of pyridine rings is 1. The van der Waals surface area contributed by atoms with Crippen LogP contribution in [-0.4, -0.2) is 82.2 Å². The van der Waals surface area contributed by atoms with Gasteiger partial charge in [0, 0.05) is 61.1 Å². The van der Waals surface area contributed by atoms with E-state index in [-0.39, 0.29) is 11.2 Å². The van der Waals surface area contributed by atoms with Gasteiger partial charge in [0.2, 0.25) is 0 Å². The molecule has 2 amide bonds. The standard InChI is InChI=1S/C35H42N8O4S/c1-35(2,3)32-20-33(43(40-32)27-22-37-42(24-27)14-7-19-48(4,45)46)39-34(44)38-31-13-12-28(29-8-5-6-9-30(29)31)25-10-11-26(36-21-25)23-41-15-17-47-18-16-41/h5-6,8-13,20-22,24H,7,14-19,23H2,1-4H3,(H2,38,39,44). The molecule has 0 unspecified atom stereocenters. The smallest absolute Gasteiger partial charge is 0.324 e. The van der Waals surface area contributed by atoms with Crippen molar-refractivity contribution in [1.82, 2.24) is 29.4 Å². The summed E-state index contributed by atoms with van der Waals surface area (Å²) in [7, 11) is -3.06. The van der Waals surface area contributed by atoms with E-state index in [9.17, 15) is 13.2 Å². The highest BCUT2D eigenvalue weighted by Crippen LogP contribution is 2.33. The minimum atomic E-state index is -3.06. The molecular formula is C35H42N8O4S. The number of morpholine rings is 1. The Bertz CT molecular complexity index is 2010. The molecule has 252 valence electrons. The molecule has 0 spiro atoms. The topological polar surface area (TPSA) is 136 Å². The molecule has 12 nitrogen and oxygen atoms in total. The highest BCUT2D eigenvalue weighted by molar-refractivity contribution is 7.90. The van der Waals surface area contributed by atoms with Crippen LogP contribution >= 0.6 is 0 Å². The lowest BCUT2D eigenvalue weighted by Crippen LogP contribution is -2.35. The van der Waals surface area contributed by atoms with Gasteiger partial charge in [0.1, 0.15) is 21.3 Å². The van der Waals surface area contributed by atoms with Crippen LogP contribution in [-0.2, 0) is 33.1 Å². The summed E-state index contributed by atoms with van der Waals surface area (Å²) in [6, 6.07) is 17.5. The van der Waals surface area contributed by atoms with Gasteiger partial charge in [-0.25, -0.2) is 17.9 Å². The van der Waals surface area contributed by atoms with Crippen molar-refractivity contribution in [3.05, 3.63) is 84.6 Å². The van der Waals surface area contributed by atoms with E-state index in [1.807, 2.05) is 48.7 Å². The van der Waals surface area contributed by atoms with Gasteiger partial charge < -0.3 is 10.1 Å². The Morgan fingerprint density at radius 2 is 1.75 bits per heavy atom. The van der Waals surface area contributed by atoms with Crippen LogP contribution < -0.4 is 10.6 Å². The first-order valence-corrected chi connectivity index (χ1v) is 18.2. The Kier molecular flexibility index (Phi) is 9.63. The van der Waals surface area contributed by atoms with Gasteiger partial charge in [-0.15, -0.1) is 0 Å². The average Bonchev–Trinajstić information content (AvgIpc) is 3.69. The first kappa shape index (κ1) is 33.3. The van der Waals surface area contributed by atoms with Crippen LogP contribution in [0.5, 0.6) is 0 Å². The van der Waals surface area contributed by atoms with Crippen molar-refractivity contribution in [1.29, 1.82) is 0 Å². The van der Waals surface area contributed by atoms with E-state index in [0.717, 1.165) is 66.1 Å². The summed E-state index contributed by atoms with van der Waals surface area (Å²) in [6.45, 7) is 10.7. The number of nitrogens with one attached hydrogen (secondary N) is 2. The number of benzene rings is 2. The van der Waals surface area contributed by atoms with E-state index in [4.69, 9.17) is 14.8 Å². The largest absolute Gasteiger partial charge is 0.379 e. The number of anilines is 2. The van der Waals surface area contributed by atoms with Crippen LogP contribution in [0.3, 0.4) is 0 Å². The number of carbonyl (C=O) groups is 1. The first-order chi connectivity index (χ1) is 22.9. The molecule has 1 aliphatic heterocycles. The van der Waals surface area contributed by atoms with Crippen LogP contribution in [0, 0.1) is 0 Å². The minimum absolute atomic E-state index is 0.0826. The maximum absolute atomic E-state index is 13.5. The number of aryl methyl sites for hydroxylation is 1. The molecule has 3 aromatic heterocycles. The molecule has 0 radical (unpaired) electrons. The number of urea groups is 1. The Hall–Kier alpha value is -4.59. The monoisotopic (exact) mass is 670 g/mol. The maximum Gasteiger partial charge on any atom is 0.324 e. The summed E-state index contributed by atoms with van der Waals surface area (Å²) in [5, 5.41) is 17.1. The van der Waals surface area contributed by atoms with Crippen LogP contribution in [0.25, 0.3) is 27.6 Å². The molecule has 4 heterocycles. The number of ether oxygens (including phenoxy) is 1. The number of amides is 2. The lowest BCUT2D eigenvalue weighted by molar-refractivity contribution is 0.0336. The fraction of sp³-hybridized carbons (Fsp3) is 0.371. The molecule has 0 saturated carbocycles. The Morgan fingerprint density at radius 3 is 2.46 bits per heavy atom. The Labute approximate surface area is 281 Å². The van der Waals surface area contributed by atoms with Crippen molar-refractivity contribution in [2.75, 3.05) is 48.9 Å². The fourth-order valence-corrected chi connectivity index (χ4v) is 6.36. The highest BCUT2D eigenvalue weighted by Gasteiger charge is 2.23. The second kappa shape index (κ2) is 13.9. The SMILES string of the molecule is CC(C)(C)c1cc(NC(=O)Nc2ccc(-c3ccc(CN4CCOCC4)nc3)c3ccccc23)n(-c2cnn(CCCS(C)(=O)=O)c2)n1. The summed E-state index contributed by atoms with van der Waals surface area (Å²) in [5.41, 5.74) is 4.90. The number of sulfone groups is 1. The first-order valence-electron chi connectivity index (χ1n) is 16.1. The third-order valence-electron chi connectivity index (χ3n) is 8.28. The van der Waals surface area contributed by atoms with Gasteiger partial charge in [0.05, 0.1) is 48.4 Å². The van der Waals surface area contributed by atoms with Gasteiger partial charge in [-0.05, 0) is 29.5 Å². The summed E-state index contributed by atoms with van der Waals surface area (Å²) >= 11 is 0. The zero-order valence-corrected chi connectivity index (χ0v) is 28.6. The van der Waals surface area contributed by atoms with Crippen LogP contribution in [0.2, 0.25) is 0 Å². The van der Waals surface area contributed by atoms with E-state index < -0.39 is 15.9 Å². The summed E-state index contributed by atoms with van der Waals surface area (Å²) in [6.07, 6.45) is 7.03. The number of aromatic nitrogens is 5. The van der Waals surface area contributed by atoms with E-state index in [1.54, 1.807) is 21.8 Å². The predicted molar refractivity (Wildman–Crippen MR) is 188 cm³/mol. The molecule has 6 rings (SSSR count). The maximum atomic E-state index is 13.5. The Morgan fingerprint density at radius 1 is 0.979 bits per heavy atom. The van der Waals surface area contributed by atoms with Crippen LogP contribution in [0.4, 0.5) is 16.3 Å². The third kappa shape index (κ3) is 8.09. The van der Waals surface area contributed by atoms with E-state index in [0.29, 0.717) is 30.2 Å². The lowest BCUT2D eigenvalue weighted by Gasteiger charge is -2.26. The van der Waals surface area contributed by atoms with Crippen molar-refractivity contribution in [3.8, 4) is 16.8 Å². The van der Waals surface area contributed by atoms with E-state index in [2.05, 4.69) is 53.5 Å². The fourth-order valence-electron chi connectivity index (χ4n) is 5.70. The molecule has 2 aromatic carbocycles. The summed E-state index contributed by atoms with van der Waals surface area (Å²) in [5.74, 6) is 0.566. The van der Waals surface area contributed by atoms with Crippen molar-refractivity contribution in [2.45, 2.75) is 45.7 Å². The van der Waals surface area contributed by atoms with E-state index >= 15 is 0 Å². The quantitative estimate of drug-likeness (QED) is 0.199. The molecule has 5 aromatic rings. The second-order valence-corrected chi connectivity index (χ2v) is 15.5. The zero-order valence-electron chi connectivity index (χ0n) is 27.8. The highest BCUT2D eigenvalue weighted by atomic mass is 32.2. The Balaban J connectivity index is 1.20. The molecule has 0 atom stereocenters. The van der Waals surface area contributed by atoms with Gasteiger partial charge >= 0.3 is 6.03 Å². The predicted octanol–water partition coefficient (Wildman–Crippen LogP) is 5.49. The molecule has 0 aliphatic carbocycles. The van der Waals surface area contributed by atoms with Gasteiger partial charge in [0.25, 0.3) is 0 Å². The summed E-state index contributed by atoms with van der Waals surface area (Å²) in [4.78, 5) is 20.6. The molecule has 1 aliphatic rings. The normalized spacial score (nSPS) is 14.3. The van der Waals surface area contributed by atoms with Crippen LogP contribution in [0.1, 0.15) is 38.6 Å². The lowest BCUT2D eigenvalue weighted by atomic mass is 9.92. The number of carbonyl (C=O) groups excluding carboxylic acids is 1. The molecule has 1 saturated heterocycles. The van der Waals surface area contributed by atoms with Crippen molar-refractivity contribution in [3.63, 3.8) is 0 Å². The second-order valence-electron chi connectivity index (χ2n) is 13.2. The van der Waals surface area contributed by atoms with Crippen molar-refractivity contribution in [2.24, 2.45) is 0 Å². The van der Waals surface area contributed by atoms with Crippen molar-refractivity contribution >= 4 is 38.1 Å². The third-order valence-corrected chi connectivity index (χ3v) is 9.31. The molecule has 0 bridgehead atoms. The number of hydrogen-bond acceptors (Lipinski definition) is 8. The van der Waals surface area contributed by atoms with Gasteiger partial charge in [-0.2, -0.15) is 10.2 Å². The van der Waals surface area contributed by atoms with E-state index in [1.165, 1.54) is 6.26 Å². The number of nitrogens with zero attached hydrogens (tertiary/aromatic N) is 6. The number of fused-ring (bicyclic) bond motifs is 1. The zero-order chi connectivity index (χ0) is 33.9. The summed E-state index contributed by atoms with van der Waals surface area (Å²) < 4.78 is 31.9.